The monoisotopic (exact) mass is 241 g/mol. The molecule has 0 spiro atoms. The molecule has 0 aliphatic rings. The molecule has 0 aromatic carbocycles. The number of rotatable bonds is 6. The van der Waals surface area contributed by atoms with Crippen LogP contribution in [0.3, 0.4) is 0 Å². The Labute approximate surface area is 103 Å². The molecule has 0 radical (unpaired) electrons. The largest absolute Gasteiger partial charge is 0.330 e. The van der Waals surface area contributed by atoms with Gasteiger partial charge in [0.1, 0.15) is 0 Å². The van der Waals surface area contributed by atoms with Crippen molar-refractivity contribution < 1.29 is 0 Å². The molecule has 1 aromatic rings. The second-order valence-corrected chi connectivity index (χ2v) is 5.61. The molecule has 0 aliphatic heterocycles. The lowest BCUT2D eigenvalue weighted by atomic mass is 10.0. The Bertz CT molecular complexity index is 309. The Kier molecular flexibility index (Phi) is 5.35. The van der Waals surface area contributed by atoms with E-state index in [9.17, 15) is 0 Å². The van der Waals surface area contributed by atoms with Crippen LogP contribution in [0.1, 0.15) is 45.0 Å². The van der Waals surface area contributed by atoms with E-state index in [-0.39, 0.29) is 6.04 Å². The highest BCUT2D eigenvalue weighted by molar-refractivity contribution is 7.98. The molecule has 4 heteroatoms. The molecule has 0 aliphatic carbocycles. The minimum Gasteiger partial charge on any atom is -0.330 e. The molecule has 0 fully saturated rings. The molecular formula is C12H23N3S. The molecule has 0 saturated heterocycles. The van der Waals surface area contributed by atoms with E-state index in [1.165, 1.54) is 5.75 Å². The molecule has 2 unspecified atom stereocenters. The Balaban J connectivity index is 2.77. The number of thioether (sulfide) groups is 1. The van der Waals surface area contributed by atoms with E-state index in [0.29, 0.717) is 12.0 Å². The van der Waals surface area contributed by atoms with Gasteiger partial charge in [0.05, 0.1) is 12.0 Å². The summed E-state index contributed by atoms with van der Waals surface area (Å²) in [5.41, 5.74) is 7.34. The van der Waals surface area contributed by atoms with Crippen LogP contribution < -0.4 is 5.73 Å². The Morgan fingerprint density at radius 1 is 1.44 bits per heavy atom. The van der Waals surface area contributed by atoms with Gasteiger partial charge in [0, 0.05) is 18.3 Å². The van der Waals surface area contributed by atoms with Crippen LogP contribution in [0.2, 0.25) is 0 Å². The SMILES string of the molecule is CSCCC(C)n1cncc1C(N)C(C)C. The number of aromatic nitrogens is 2. The maximum absolute atomic E-state index is 6.18. The third-order valence-electron chi connectivity index (χ3n) is 2.97. The van der Waals surface area contributed by atoms with Crippen LogP contribution in [0.15, 0.2) is 12.5 Å². The molecule has 3 nitrogen and oxygen atoms in total. The topological polar surface area (TPSA) is 43.8 Å². The maximum atomic E-state index is 6.18. The fraction of sp³-hybridized carbons (Fsp3) is 0.750. The molecule has 0 amide bonds. The number of imidazole rings is 1. The van der Waals surface area contributed by atoms with Gasteiger partial charge in [0.15, 0.2) is 0 Å². The van der Waals surface area contributed by atoms with Gasteiger partial charge in [0.25, 0.3) is 0 Å². The Morgan fingerprint density at radius 2 is 2.12 bits per heavy atom. The third kappa shape index (κ3) is 3.25. The van der Waals surface area contributed by atoms with Gasteiger partial charge in [-0.2, -0.15) is 11.8 Å². The molecule has 92 valence electrons. The van der Waals surface area contributed by atoms with Gasteiger partial charge in [-0.25, -0.2) is 4.98 Å². The quantitative estimate of drug-likeness (QED) is 0.833. The van der Waals surface area contributed by atoms with Crippen LogP contribution in [-0.2, 0) is 0 Å². The van der Waals surface area contributed by atoms with Gasteiger partial charge in [-0.1, -0.05) is 13.8 Å². The number of nitrogens with two attached hydrogens (primary N) is 1. The molecule has 0 bridgehead atoms. The summed E-state index contributed by atoms with van der Waals surface area (Å²) in [5, 5.41) is 0. The smallest absolute Gasteiger partial charge is 0.0951 e. The molecule has 0 saturated carbocycles. The van der Waals surface area contributed by atoms with Crippen LogP contribution >= 0.6 is 11.8 Å². The number of hydrogen-bond donors (Lipinski definition) is 1. The summed E-state index contributed by atoms with van der Waals surface area (Å²) >= 11 is 1.88. The van der Waals surface area contributed by atoms with Gasteiger partial charge in [0.2, 0.25) is 0 Å². The zero-order valence-electron chi connectivity index (χ0n) is 10.7. The molecule has 1 rings (SSSR count). The van der Waals surface area contributed by atoms with Crippen molar-refractivity contribution in [1.29, 1.82) is 0 Å². The van der Waals surface area contributed by atoms with Crippen LogP contribution in [0, 0.1) is 5.92 Å². The van der Waals surface area contributed by atoms with Gasteiger partial charge in [-0.05, 0) is 31.3 Å². The minimum absolute atomic E-state index is 0.0826. The summed E-state index contributed by atoms with van der Waals surface area (Å²) in [6, 6.07) is 0.564. The predicted molar refractivity (Wildman–Crippen MR) is 71.7 cm³/mol. The first kappa shape index (κ1) is 13.6. The highest BCUT2D eigenvalue weighted by Crippen LogP contribution is 2.23. The van der Waals surface area contributed by atoms with E-state index >= 15 is 0 Å². The van der Waals surface area contributed by atoms with E-state index in [4.69, 9.17) is 5.73 Å². The normalized spacial score (nSPS) is 15.4. The summed E-state index contributed by atoms with van der Waals surface area (Å²) in [6.45, 7) is 6.53. The lowest BCUT2D eigenvalue weighted by Crippen LogP contribution is -2.22. The zero-order valence-corrected chi connectivity index (χ0v) is 11.5. The van der Waals surface area contributed by atoms with Crippen molar-refractivity contribution in [2.45, 2.75) is 39.3 Å². The summed E-state index contributed by atoms with van der Waals surface area (Å²) in [7, 11) is 0. The van der Waals surface area contributed by atoms with Crippen molar-refractivity contribution in [1.82, 2.24) is 9.55 Å². The van der Waals surface area contributed by atoms with Gasteiger partial charge in [-0.15, -0.1) is 0 Å². The van der Waals surface area contributed by atoms with Crippen molar-refractivity contribution in [3.63, 3.8) is 0 Å². The second-order valence-electron chi connectivity index (χ2n) is 4.63. The molecule has 1 aromatic heterocycles. The van der Waals surface area contributed by atoms with Crippen LogP contribution in [-0.4, -0.2) is 21.6 Å². The highest BCUT2D eigenvalue weighted by atomic mass is 32.2. The Hall–Kier alpha value is -0.480. The highest BCUT2D eigenvalue weighted by Gasteiger charge is 2.17. The Morgan fingerprint density at radius 3 is 2.69 bits per heavy atom. The maximum Gasteiger partial charge on any atom is 0.0951 e. The van der Waals surface area contributed by atoms with Crippen LogP contribution in [0.5, 0.6) is 0 Å². The fourth-order valence-electron chi connectivity index (χ4n) is 1.71. The molecular weight excluding hydrogens is 218 g/mol. The average Bonchev–Trinajstić information content (AvgIpc) is 2.73. The van der Waals surface area contributed by atoms with Gasteiger partial charge in [-0.3, -0.25) is 0 Å². The summed E-state index contributed by atoms with van der Waals surface area (Å²) < 4.78 is 2.22. The van der Waals surface area contributed by atoms with E-state index in [1.807, 2.05) is 24.3 Å². The second kappa shape index (κ2) is 6.30. The van der Waals surface area contributed by atoms with Crippen LogP contribution in [0.4, 0.5) is 0 Å². The van der Waals surface area contributed by atoms with Crippen molar-refractivity contribution in [3.05, 3.63) is 18.2 Å². The van der Waals surface area contributed by atoms with E-state index < -0.39 is 0 Å². The summed E-state index contributed by atoms with van der Waals surface area (Å²) in [6.07, 6.45) is 7.11. The number of hydrogen-bond acceptors (Lipinski definition) is 3. The standard InChI is InChI=1S/C12H23N3S/c1-9(2)12(13)11-7-14-8-15(11)10(3)5-6-16-4/h7-10,12H,5-6,13H2,1-4H3. The van der Waals surface area contributed by atoms with Gasteiger partial charge < -0.3 is 10.3 Å². The van der Waals surface area contributed by atoms with Crippen molar-refractivity contribution in [3.8, 4) is 0 Å². The predicted octanol–water partition coefficient (Wildman–Crippen LogP) is 2.85. The van der Waals surface area contributed by atoms with E-state index in [0.717, 1.165) is 12.1 Å². The zero-order chi connectivity index (χ0) is 12.1. The van der Waals surface area contributed by atoms with E-state index in [2.05, 4.69) is 36.6 Å². The van der Waals surface area contributed by atoms with Crippen LogP contribution in [0.25, 0.3) is 0 Å². The molecule has 2 atom stereocenters. The van der Waals surface area contributed by atoms with Crippen molar-refractivity contribution in [2.24, 2.45) is 11.7 Å². The molecule has 16 heavy (non-hydrogen) atoms. The first-order valence-electron chi connectivity index (χ1n) is 5.84. The fourth-order valence-corrected chi connectivity index (χ4v) is 2.29. The van der Waals surface area contributed by atoms with Crippen molar-refractivity contribution >= 4 is 11.8 Å². The van der Waals surface area contributed by atoms with Crippen molar-refractivity contribution in [2.75, 3.05) is 12.0 Å². The first-order valence-corrected chi connectivity index (χ1v) is 7.23. The molecule has 1 heterocycles. The lowest BCUT2D eigenvalue weighted by molar-refractivity contribution is 0.443. The lowest BCUT2D eigenvalue weighted by Gasteiger charge is -2.21. The minimum atomic E-state index is 0.0826. The third-order valence-corrected chi connectivity index (χ3v) is 3.61. The number of nitrogens with zero attached hydrogens (tertiary/aromatic N) is 2. The summed E-state index contributed by atoms with van der Waals surface area (Å²) in [5.74, 6) is 1.62. The average molecular weight is 241 g/mol. The summed E-state index contributed by atoms with van der Waals surface area (Å²) in [4.78, 5) is 4.23. The first-order chi connectivity index (χ1) is 7.57. The molecule has 2 N–H and O–H groups in total. The van der Waals surface area contributed by atoms with E-state index in [1.54, 1.807) is 0 Å². The van der Waals surface area contributed by atoms with Gasteiger partial charge >= 0.3 is 0 Å².